The van der Waals surface area contributed by atoms with E-state index in [0.717, 1.165) is 24.1 Å². The molecule has 3 heteroatoms. The summed E-state index contributed by atoms with van der Waals surface area (Å²) in [7, 11) is 0. The van der Waals surface area contributed by atoms with Crippen molar-refractivity contribution in [1.82, 2.24) is 4.98 Å². The van der Waals surface area contributed by atoms with Gasteiger partial charge in [-0.3, -0.25) is 4.98 Å². The molecule has 0 amide bonds. The van der Waals surface area contributed by atoms with E-state index in [1.165, 1.54) is 0 Å². The Morgan fingerprint density at radius 3 is 2.71 bits per heavy atom. The van der Waals surface area contributed by atoms with Crippen molar-refractivity contribution in [2.45, 2.75) is 39.2 Å². The highest BCUT2D eigenvalue weighted by Gasteiger charge is 2.07. The van der Waals surface area contributed by atoms with E-state index in [1.54, 1.807) is 0 Å². The smallest absolute Gasteiger partial charge is 0.0658 e. The molecule has 0 aromatic carbocycles. The summed E-state index contributed by atoms with van der Waals surface area (Å²) in [5.41, 5.74) is 8.46. The molecule has 0 saturated carbocycles. The highest BCUT2D eigenvalue weighted by atomic mass is 16.3. The van der Waals surface area contributed by atoms with Crippen LogP contribution >= 0.6 is 0 Å². The van der Waals surface area contributed by atoms with Crippen LogP contribution in [0.4, 0.5) is 5.69 Å². The van der Waals surface area contributed by atoms with Gasteiger partial charge in [-0.1, -0.05) is 13.8 Å². The number of aliphatic hydroxyl groups is 1. The Hall–Kier alpha value is -1.09. The fraction of sp³-hybridized carbons (Fsp3) is 0.545. The zero-order valence-corrected chi connectivity index (χ0v) is 8.83. The fourth-order valence-electron chi connectivity index (χ4n) is 1.29. The van der Waals surface area contributed by atoms with Crippen molar-refractivity contribution >= 4 is 5.69 Å². The van der Waals surface area contributed by atoms with Gasteiger partial charge in [0.25, 0.3) is 0 Å². The number of pyridine rings is 1. The van der Waals surface area contributed by atoms with Crippen molar-refractivity contribution in [3.63, 3.8) is 0 Å². The molecule has 0 fully saturated rings. The van der Waals surface area contributed by atoms with Crippen molar-refractivity contribution in [3.05, 3.63) is 23.5 Å². The van der Waals surface area contributed by atoms with Gasteiger partial charge in [0.05, 0.1) is 17.5 Å². The molecule has 1 heterocycles. The molecule has 14 heavy (non-hydrogen) atoms. The van der Waals surface area contributed by atoms with Crippen LogP contribution in [0.5, 0.6) is 0 Å². The molecule has 1 aromatic rings. The van der Waals surface area contributed by atoms with Gasteiger partial charge in [0.2, 0.25) is 0 Å². The predicted molar refractivity (Wildman–Crippen MR) is 58.0 cm³/mol. The van der Waals surface area contributed by atoms with Gasteiger partial charge < -0.3 is 10.8 Å². The Kier molecular flexibility index (Phi) is 3.89. The number of rotatable bonds is 4. The van der Waals surface area contributed by atoms with Crippen LogP contribution in [-0.4, -0.2) is 16.2 Å². The second-order valence-electron chi connectivity index (χ2n) is 3.50. The van der Waals surface area contributed by atoms with Gasteiger partial charge in [0.1, 0.15) is 0 Å². The largest absolute Gasteiger partial charge is 0.397 e. The molecule has 1 aromatic heterocycles. The first-order valence-electron chi connectivity index (χ1n) is 5.08. The molecule has 0 spiro atoms. The molecule has 0 aliphatic heterocycles. The maximum absolute atomic E-state index is 9.47. The molecule has 0 radical (unpaired) electrons. The zero-order valence-electron chi connectivity index (χ0n) is 8.83. The van der Waals surface area contributed by atoms with Crippen molar-refractivity contribution in [3.8, 4) is 0 Å². The summed E-state index contributed by atoms with van der Waals surface area (Å²) < 4.78 is 0. The van der Waals surface area contributed by atoms with Gasteiger partial charge in [-0.15, -0.1) is 0 Å². The summed E-state index contributed by atoms with van der Waals surface area (Å²) in [6.07, 6.45) is 3.71. The van der Waals surface area contributed by atoms with Crippen molar-refractivity contribution < 1.29 is 5.11 Å². The molecule has 0 aliphatic rings. The average Bonchev–Trinajstić information content (AvgIpc) is 2.20. The SMILES string of the molecule is CCc1cnc(CC(O)CC)c(N)c1. The van der Waals surface area contributed by atoms with E-state index in [-0.39, 0.29) is 6.10 Å². The number of nitrogens with zero attached hydrogens (tertiary/aromatic N) is 1. The zero-order chi connectivity index (χ0) is 10.6. The predicted octanol–water partition coefficient (Wildman–Crippen LogP) is 1.54. The number of anilines is 1. The van der Waals surface area contributed by atoms with Gasteiger partial charge >= 0.3 is 0 Å². The molecular weight excluding hydrogens is 176 g/mol. The van der Waals surface area contributed by atoms with E-state index in [9.17, 15) is 5.11 Å². The van der Waals surface area contributed by atoms with Crippen LogP contribution in [0.15, 0.2) is 12.3 Å². The lowest BCUT2D eigenvalue weighted by atomic mass is 10.1. The molecule has 3 N–H and O–H groups in total. The number of nitrogen functional groups attached to an aromatic ring is 1. The Morgan fingerprint density at radius 2 is 2.21 bits per heavy atom. The Balaban J connectivity index is 2.78. The Labute approximate surface area is 85.0 Å². The molecule has 1 atom stereocenters. The first-order chi connectivity index (χ1) is 6.67. The van der Waals surface area contributed by atoms with E-state index in [1.807, 2.05) is 19.2 Å². The first kappa shape index (κ1) is 11.0. The third kappa shape index (κ3) is 2.70. The summed E-state index contributed by atoms with van der Waals surface area (Å²) in [6.45, 7) is 4.01. The molecular formula is C11H18N2O. The normalized spacial score (nSPS) is 12.8. The first-order valence-corrected chi connectivity index (χ1v) is 5.08. The van der Waals surface area contributed by atoms with E-state index in [0.29, 0.717) is 12.1 Å². The summed E-state index contributed by atoms with van der Waals surface area (Å²) in [5, 5.41) is 9.47. The lowest BCUT2D eigenvalue weighted by Crippen LogP contribution is -2.11. The second-order valence-corrected chi connectivity index (χ2v) is 3.50. The van der Waals surface area contributed by atoms with Gasteiger partial charge in [-0.2, -0.15) is 0 Å². The maximum atomic E-state index is 9.47. The maximum Gasteiger partial charge on any atom is 0.0658 e. The monoisotopic (exact) mass is 194 g/mol. The Morgan fingerprint density at radius 1 is 1.50 bits per heavy atom. The third-order valence-corrected chi connectivity index (χ3v) is 2.37. The number of hydrogen-bond acceptors (Lipinski definition) is 3. The highest BCUT2D eigenvalue weighted by Crippen LogP contribution is 2.14. The van der Waals surface area contributed by atoms with Gasteiger partial charge in [-0.25, -0.2) is 0 Å². The number of aromatic nitrogens is 1. The Bertz CT molecular complexity index is 299. The van der Waals surface area contributed by atoms with Crippen molar-refractivity contribution in [1.29, 1.82) is 0 Å². The molecule has 0 aliphatic carbocycles. The van der Waals surface area contributed by atoms with Crippen molar-refractivity contribution in [2.24, 2.45) is 0 Å². The third-order valence-electron chi connectivity index (χ3n) is 2.37. The number of hydrogen-bond donors (Lipinski definition) is 2. The number of aryl methyl sites for hydroxylation is 1. The lowest BCUT2D eigenvalue weighted by Gasteiger charge is -2.09. The molecule has 3 nitrogen and oxygen atoms in total. The quantitative estimate of drug-likeness (QED) is 0.764. The minimum absolute atomic E-state index is 0.336. The number of nitrogens with two attached hydrogens (primary N) is 1. The van der Waals surface area contributed by atoms with Gasteiger partial charge in [0, 0.05) is 12.6 Å². The van der Waals surface area contributed by atoms with Crippen LogP contribution < -0.4 is 5.73 Å². The minimum atomic E-state index is -0.336. The molecule has 1 rings (SSSR count). The molecule has 1 unspecified atom stereocenters. The standard InChI is InChI=1S/C11H18N2O/c1-3-8-5-10(12)11(13-7-8)6-9(14)4-2/h5,7,9,14H,3-4,6,12H2,1-2H3. The van der Waals surface area contributed by atoms with E-state index in [2.05, 4.69) is 11.9 Å². The topological polar surface area (TPSA) is 59.1 Å². The summed E-state index contributed by atoms with van der Waals surface area (Å²) in [6, 6.07) is 1.94. The van der Waals surface area contributed by atoms with E-state index in [4.69, 9.17) is 5.73 Å². The lowest BCUT2D eigenvalue weighted by molar-refractivity contribution is 0.170. The highest BCUT2D eigenvalue weighted by molar-refractivity contribution is 5.45. The molecule has 0 bridgehead atoms. The van der Waals surface area contributed by atoms with E-state index < -0.39 is 0 Å². The fourth-order valence-corrected chi connectivity index (χ4v) is 1.29. The van der Waals surface area contributed by atoms with Gasteiger partial charge in [0.15, 0.2) is 0 Å². The average molecular weight is 194 g/mol. The van der Waals surface area contributed by atoms with Crippen LogP contribution in [0.25, 0.3) is 0 Å². The van der Waals surface area contributed by atoms with Crippen LogP contribution in [0.3, 0.4) is 0 Å². The summed E-state index contributed by atoms with van der Waals surface area (Å²) >= 11 is 0. The number of aliphatic hydroxyl groups excluding tert-OH is 1. The molecule has 78 valence electrons. The minimum Gasteiger partial charge on any atom is -0.397 e. The molecule has 0 saturated heterocycles. The van der Waals surface area contributed by atoms with Crippen LogP contribution in [0.2, 0.25) is 0 Å². The van der Waals surface area contributed by atoms with Crippen LogP contribution in [0.1, 0.15) is 31.5 Å². The van der Waals surface area contributed by atoms with Crippen molar-refractivity contribution in [2.75, 3.05) is 5.73 Å². The summed E-state index contributed by atoms with van der Waals surface area (Å²) in [5.74, 6) is 0. The van der Waals surface area contributed by atoms with Crippen LogP contribution in [-0.2, 0) is 12.8 Å². The second kappa shape index (κ2) is 4.96. The summed E-state index contributed by atoms with van der Waals surface area (Å²) in [4.78, 5) is 4.25. The van der Waals surface area contributed by atoms with E-state index >= 15 is 0 Å². The van der Waals surface area contributed by atoms with Gasteiger partial charge in [-0.05, 0) is 24.5 Å². The van der Waals surface area contributed by atoms with Crippen LogP contribution in [0, 0.1) is 0 Å².